The fourth-order valence-corrected chi connectivity index (χ4v) is 4.37. The van der Waals surface area contributed by atoms with Crippen molar-refractivity contribution in [1.29, 1.82) is 5.26 Å². The van der Waals surface area contributed by atoms with Crippen LogP contribution in [0.5, 0.6) is 5.75 Å². The van der Waals surface area contributed by atoms with Gasteiger partial charge in [0.05, 0.1) is 18.6 Å². The zero-order valence-corrected chi connectivity index (χ0v) is 17.2. The SMILES string of the molecule is COc1ccc(C(C#N)N2CCN(C(=O)C3(c4cccc(Cl)c4)CC3)CC2)cc1. The number of methoxy groups -OCH3 is 1. The Kier molecular flexibility index (Phi) is 5.49. The van der Waals surface area contributed by atoms with Gasteiger partial charge in [0.2, 0.25) is 5.91 Å². The van der Waals surface area contributed by atoms with E-state index in [1.165, 1.54) is 0 Å². The van der Waals surface area contributed by atoms with Crippen molar-refractivity contribution in [1.82, 2.24) is 9.80 Å². The first kappa shape index (κ1) is 19.8. The maximum atomic E-state index is 13.3. The van der Waals surface area contributed by atoms with Gasteiger partial charge in [-0.15, -0.1) is 0 Å². The van der Waals surface area contributed by atoms with Crippen LogP contribution in [-0.2, 0) is 10.2 Å². The molecule has 2 aromatic carbocycles. The molecule has 150 valence electrons. The lowest BCUT2D eigenvalue weighted by Gasteiger charge is -2.38. The number of rotatable bonds is 5. The monoisotopic (exact) mass is 409 g/mol. The first-order chi connectivity index (χ1) is 14.1. The Morgan fingerprint density at radius 1 is 1.14 bits per heavy atom. The van der Waals surface area contributed by atoms with Crippen molar-refractivity contribution in [3.63, 3.8) is 0 Å². The minimum Gasteiger partial charge on any atom is -0.497 e. The standard InChI is InChI=1S/C23H24ClN3O2/c1-29-20-7-5-17(6-8-20)21(16-25)26-11-13-27(14-12-26)22(28)23(9-10-23)18-3-2-4-19(24)15-18/h2-8,15,21H,9-14H2,1H3. The normalized spacial score (nSPS) is 19.3. The van der Waals surface area contributed by atoms with Crippen LogP contribution < -0.4 is 4.74 Å². The Morgan fingerprint density at radius 3 is 2.38 bits per heavy atom. The summed E-state index contributed by atoms with van der Waals surface area (Å²) in [6.45, 7) is 2.63. The van der Waals surface area contributed by atoms with Gasteiger partial charge in [-0.3, -0.25) is 9.69 Å². The summed E-state index contributed by atoms with van der Waals surface area (Å²) >= 11 is 6.15. The quantitative estimate of drug-likeness (QED) is 0.753. The van der Waals surface area contributed by atoms with Gasteiger partial charge in [-0.05, 0) is 48.2 Å². The number of piperazine rings is 1. The predicted molar refractivity (Wildman–Crippen MR) is 112 cm³/mol. The van der Waals surface area contributed by atoms with Gasteiger partial charge in [-0.1, -0.05) is 35.9 Å². The molecule has 1 saturated heterocycles. The van der Waals surface area contributed by atoms with E-state index in [0.29, 0.717) is 31.2 Å². The Bertz CT molecular complexity index is 926. The third-order valence-corrected chi connectivity index (χ3v) is 6.29. The Morgan fingerprint density at radius 2 is 1.83 bits per heavy atom. The van der Waals surface area contributed by atoms with Crippen LogP contribution in [0.2, 0.25) is 5.02 Å². The first-order valence-electron chi connectivity index (χ1n) is 9.90. The Hall–Kier alpha value is -2.55. The summed E-state index contributed by atoms with van der Waals surface area (Å²) in [5.41, 5.74) is 1.56. The second kappa shape index (κ2) is 8.06. The van der Waals surface area contributed by atoms with Gasteiger partial charge in [0.1, 0.15) is 11.8 Å². The van der Waals surface area contributed by atoms with E-state index in [4.69, 9.17) is 16.3 Å². The number of hydrogen-bond acceptors (Lipinski definition) is 4. The molecule has 1 unspecified atom stereocenters. The van der Waals surface area contributed by atoms with Crippen LogP contribution in [0.4, 0.5) is 0 Å². The van der Waals surface area contributed by atoms with Gasteiger partial charge in [0, 0.05) is 31.2 Å². The molecule has 1 aliphatic heterocycles. The van der Waals surface area contributed by atoms with Crippen LogP contribution >= 0.6 is 11.6 Å². The van der Waals surface area contributed by atoms with E-state index in [2.05, 4.69) is 11.0 Å². The Labute approximate surface area is 176 Å². The van der Waals surface area contributed by atoms with Crippen LogP contribution in [0.15, 0.2) is 48.5 Å². The van der Waals surface area contributed by atoms with Crippen LogP contribution in [0, 0.1) is 11.3 Å². The third kappa shape index (κ3) is 3.83. The molecule has 6 heteroatoms. The summed E-state index contributed by atoms with van der Waals surface area (Å²) in [7, 11) is 1.63. The lowest BCUT2D eigenvalue weighted by molar-refractivity contribution is -0.136. The van der Waals surface area contributed by atoms with E-state index in [1.54, 1.807) is 7.11 Å². The molecule has 0 N–H and O–H groups in total. The number of nitrogens with zero attached hydrogens (tertiary/aromatic N) is 3. The van der Waals surface area contributed by atoms with Crippen molar-refractivity contribution in [3.8, 4) is 11.8 Å². The molecule has 1 saturated carbocycles. The van der Waals surface area contributed by atoms with Crippen molar-refractivity contribution in [3.05, 3.63) is 64.7 Å². The summed E-state index contributed by atoms with van der Waals surface area (Å²) in [6.07, 6.45) is 1.75. The summed E-state index contributed by atoms with van der Waals surface area (Å²) in [4.78, 5) is 17.4. The second-order valence-corrected chi connectivity index (χ2v) is 8.16. The highest BCUT2D eigenvalue weighted by molar-refractivity contribution is 6.30. The molecule has 2 aromatic rings. The maximum Gasteiger partial charge on any atom is 0.233 e. The highest BCUT2D eigenvalue weighted by atomic mass is 35.5. The average Bonchev–Trinajstić information content (AvgIpc) is 3.57. The molecule has 2 aliphatic rings. The molecule has 29 heavy (non-hydrogen) atoms. The zero-order valence-electron chi connectivity index (χ0n) is 16.5. The molecular weight excluding hydrogens is 386 g/mol. The predicted octanol–water partition coefficient (Wildman–Crippen LogP) is 3.79. The molecule has 2 fully saturated rings. The topological polar surface area (TPSA) is 56.6 Å². The molecule has 1 heterocycles. The number of carbonyl (C=O) groups excluding carboxylic acids is 1. The number of ether oxygens (including phenoxy) is 1. The number of benzene rings is 2. The van der Waals surface area contributed by atoms with Crippen LogP contribution in [0.3, 0.4) is 0 Å². The van der Waals surface area contributed by atoms with Crippen LogP contribution in [0.1, 0.15) is 30.0 Å². The number of hydrogen-bond donors (Lipinski definition) is 0. The highest BCUT2D eigenvalue weighted by Crippen LogP contribution is 2.50. The minimum absolute atomic E-state index is 0.192. The van der Waals surface area contributed by atoms with E-state index in [1.807, 2.05) is 53.4 Å². The molecule has 5 nitrogen and oxygen atoms in total. The molecular formula is C23H24ClN3O2. The highest BCUT2D eigenvalue weighted by Gasteiger charge is 2.53. The number of halogens is 1. The average molecular weight is 410 g/mol. The van der Waals surface area contributed by atoms with Crippen LogP contribution in [0.25, 0.3) is 0 Å². The van der Waals surface area contributed by atoms with Crippen LogP contribution in [-0.4, -0.2) is 49.0 Å². The van der Waals surface area contributed by atoms with Crippen molar-refractivity contribution in [2.45, 2.75) is 24.3 Å². The molecule has 4 rings (SSSR count). The van der Waals surface area contributed by atoms with Gasteiger partial charge in [0.15, 0.2) is 0 Å². The molecule has 0 spiro atoms. The van der Waals surface area contributed by atoms with Crippen molar-refractivity contribution >= 4 is 17.5 Å². The minimum atomic E-state index is -0.405. The first-order valence-corrected chi connectivity index (χ1v) is 10.3. The fraction of sp³-hybridized carbons (Fsp3) is 0.391. The summed E-state index contributed by atoms with van der Waals surface area (Å²) in [5, 5.41) is 10.4. The lowest BCUT2D eigenvalue weighted by atomic mass is 9.94. The van der Waals surface area contributed by atoms with Crippen molar-refractivity contribution in [2.75, 3.05) is 33.3 Å². The molecule has 0 bridgehead atoms. The molecule has 0 radical (unpaired) electrons. The van der Waals surface area contributed by atoms with E-state index in [0.717, 1.165) is 29.7 Å². The smallest absolute Gasteiger partial charge is 0.233 e. The number of carbonyl (C=O) groups is 1. The van der Waals surface area contributed by atoms with Crippen molar-refractivity contribution < 1.29 is 9.53 Å². The molecule has 0 aromatic heterocycles. The summed E-state index contributed by atoms with van der Waals surface area (Å²) < 4.78 is 5.20. The number of amides is 1. The Balaban J connectivity index is 1.42. The summed E-state index contributed by atoms with van der Waals surface area (Å²) in [5.74, 6) is 0.967. The molecule has 1 aliphatic carbocycles. The summed E-state index contributed by atoms with van der Waals surface area (Å²) in [6, 6.07) is 17.4. The fourth-order valence-electron chi connectivity index (χ4n) is 4.18. The van der Waals surface area contributed by atoms with Gasteiger partial charge < -0.3 is 9.64 Å². The maximum absolute atomic E-state index is 13.3. The number of nitriles is 1. The molecule has 1 amide bonds. The second-order valence-electron chi connectivity index (χ2n) is 7.73. The van der Waals surface area contributed by atoms with E-state index in [9.17, 15) is 10.1 Å². The van der Waals surface area contributed by atoms with E-state index >= 15 is 0 Å². The molecule has 1 atom stereocenters. The zero-order chi connectivity index (χ0) is 20.4. The lowest BCUT2D eigenvalue weighted by Crippen LogP contribution is -2.52. The van der Waals surface area contributed by atoms with Gasteiger partial charge in [0.25, 0.3) is 0 Å². The van der Waals surface area contributed by atoms with Gasteiger partial charge >= 0.3 is 0 Å². The largest absolute Gasteiger partial charge is 0.497 e. The third-order valence-electron chi connectivity index (χ3n) is 6.06. The van der Waals surface area contributed by atoms with Crippen molar-refractivity contribution in [2.24, 2.45) is 0 Å². The van der Waals surface area contributed by atoms with Gasteiger partial charge in [-0.2, -0.15) is 5.26 Å². The van der Waals surface area contributed by atoms with E-state index < -0.39 is 5.41 Å². The van der Waals surface area contributed by atoms with Gasteiger partial charge in [-0.25, -0.2) is 0 Å². The van der Waals surface area contributed by atoms with E-state index in [-0.39, 0.29) is 11.9 Å².